The van der Waals surface area contributed by atoms with Crippen LogP contribution in [0, 0.1) is 28.6 Å². The number of nitrogens with one attached hydrogen (secondary N) is 1. The van der Waals surface area contributed by atoms with Gasteiger partial charge in [0, 0.05) is 28.9 Å². The second-order valence-electron chi connectivity index (χ2n) is 10.9. The molecule has 1 aliphatic heterocycles. The van der Waals surface area contributed by atoms with Crippen LogP contribution in [0.2, 0.25) is 0 Å². The van der Waals surface area contributed by atoms with Gasteiger partial charge in [0.1, 0.15) is 5.78 Å². The summed E-state index contributed by atoms with van der Waals surface area (Å²) >= 11 is 2.16. The summed E-state index contributed by atoms with van der Waals surface area (Å²) < 4.78 is 0. The van der Waals surface area contributed by atoms with Gasteiger partial charge in [-0.15, -0.1) is 0 Å². The number of rotatable bonds is 2. The minimum absolute atomic E-state index is 0.0461. The molecule has 5 aliphatic rings. The number of fused-ring (bicyclic) bond motifs is 5. The maximum absolute atomic E-state index is 12.6. The molecule has 2 unspecified atom stereocenters. The Kier molecular flexibility index (Phi) is 4.54. The van der Waals surface area contributed by atoms with Gasteiger partial charge in [-0.2, -0.15) is 11.8 Å². The minimum atomic E-state index is -0.480. The Morgan fingerprint density at radius 2 is 1.85 bits per heavy atom. The van der Waals surface area contributed by atoms with Gasteiger partial charge in [0.15, 0.2) is 0 Å². The van der Waals surface area contributed by atoms with E-state index in [0.29, 0.717) is 28.8 Å². The third kappa shape index (κ3) is 2.72. The average molecular weight is 392 g/mol. The average Bonchev–Trinajstić information content (AvgIpc) is 3.24. The number of hydrogen-bond acceptors (Lipinski definition) is 4. The molecule has 0 spiro atoms. The molecule has 5 fully saturated rings. The highest BCUT2D eigenvalue weighted by atomic mass is 32.2. The molecule has 27 heavy (non-hydrogen) atoms. The van der Waals surface area contributed by atoms with E-state index < -0.39 is 5.60 Å². The van der Waals surface area contributed by atoms with E-state index >= 15 is 0 Å². The standard InChI is InChI=1S/C23H37NO2S/c1-21-9-7-19-17(18(21)3-4-20(21)25)6-11-23(26)13-15(5-10-22(19,23)2)27-16-8-12-24-14-16/h15-19,24,26H,3-14H2,1-2H3/t15?,16-,17-,18-,19+,21-,22+,23?/m0/s1. The van der Waals surface area contributed by atoms with Gasteiger partial charge in [0.2, 0.25) is 0 Å². The van der Waals surface area contributed by atoms with Crippen molar-refractivity contribution in [1.82, 2.24) is 5.32 Å². The Labute approximate surface area is 168 Å². The zero-order valence-electron chi connectivity index (χ0n) is 17.1. The van der Waals surface area contributed by atoms with Crippen molar-refractivity contribution in [3.63, 3.8) is 0 Å². The summed E-state index contributed by atoms with van der Waals surface area (Å²) in [5.41, 5.74) is -0.462. The zero-order valence-corrected chi connectivity index (χ0v) is 18.0. The zero-order chi connectivity index (χ0) is 18.9. The van der Waals surface area contributed by atoms with Crippen molar-refractivity contribution >= 4 is 17.5 Å². The first kappa shape index (κ1) is 18.9. The molecule has 4 heteroatoms. The van der Waals surface area contributed by atoms with Gasteiger partial charge in [-0.25, -0.2) is 0 Å². The number of aliphatic hydroxyl groups is 1. The number of ketones is 1. The van der Waals surface area contributed by atoms with Crippen LogP contribution < -0.4 is 5.32 Å². The summed E-state index contributed by atoms with van der Waals surface area (Å²) in [6, 6.07) is 0. The predicted octanol–water partition coefficient (Wildman–Crippen LogP) is 4.18. The number of Topliss-reactive ketones (excluding diaryl/α,β-unsaturated/α-hetero) is 1. The fourth-order valence-electron chi connectivity index (χ4n) is 8.11. The van der Waals surface area contributed by atoms with Crippen molar-refractivity contribution in [3.05, 3.63) is 0 Å². The third-order valence-corrected chi connectivity index (χ3v) is 11.4. The van der Waals surface area contributed by atoms with Crippen molar-refractivity contribution < 1.29 is 9.90 Å². The van der Waals surface area contributed by atoms with E-state index in [2.05, 4.69) is 30.9 Å². The van der Waals surface area contributed by atoms with Crippen molar-refractivity contribution in [1.29, 1.82) is 0 Å². The minimum Gasteiger partial charge on any atom is -0.389 e. The van der Waals surface area contributed by atoms with Crippen LogP contribution in [0.15, 0.2) is 0 Å². The molecule has 0 radical (unpaired) electrons. The summed E-state index contributed by atoms with van der Waals surface area (Å²) in [6.45, 7) is 6.99. The molecule has 3 nitrogen and oxygen atoms in total. The number of carbonyl (C=O) groups excluding carboxylic acids is 1. The van der Waals surface area contributed by atoms with Crippen LogP contribution in [0.25, 0.3) is 0 Å². The van der Waals surface area contributed by atoms with Gasteiger partial charge in [0.05, 0.1) is 5.60 Å². The summed E-state index contributed by atoms with van der Waals surface area (Å²) in [7, 11) is 0. The second-order valence-corrected chi connectivity index (χ2v) is 12.5. The van der Waals surface area contributed by atoms with Crippen LogP contribution in [0.1, 0.15) is 78.1 Å². The fourth-order valence-corrected chi connectivity index (χ4v) is 9.75. The molecule has 0 aromatic rings. The summed E-state index contributed by atoms with van der Waals surface area (Å²) in [6.07, 6.45) is 11.0. The molecule has 0 aromatic carbocycles. The Morgan fingerprint density at radius 1 is 1.00 bits per heavy atom. The van der Waals surface area contributed by atoms with Crippen molar-refractivity contribution in [2.45, 2.75) is 94.2 Å². The monoisotopic (exact) mass is 391 g/mol. The molecule has 4 aliphatic carbocycles. The smallest absolute Gasteiger partial charge is 0.139 e. The van der Waals surface area contributed by atoms with Crippen LogP contribution in [0.3, 0.4) is 0 Å². The normalized spacial score (nSPS) is 55.1. The third-order valence-electron chi connectivity index (χ3n) is 9.87. The lowest BCUT2D eigenvalue weighted by atomic mass is 9.44. The van der Waals surface area contributed by atoms with E-state index in [0.717, 1.165) is 63.3 Å². The predicted molar refractivity (Wildman–Crippen MR) is 111 cm³/mol. The summed E-state index contributed by atoms with van der Waals surface area (Å²) in [4.78, 5) is 12.6. The van der Waals surface area contributed by atoms with E-state index in [1.54, 1.807) is 0 Å². The number of thioether (sulfide) groups is 1. The van der Waals surface area contributed by atoms with Gasteiger partial charge in [-0.3, -0.25) is 4.79 Å². The molecule has 0 bridgehead atoms. The molecular weight excluding hydrogens is 354 g/mol. The van der Waals surface area contributed by atoms with Crippen molar-refractivity contribution in [2.75, 3.05) is 13.1 Å². The van der Waals surface area contributed by atoms with E-state index in [4.69, 9.17) is 0 Å². The largest absolute Gasteiger partial charge is 0.389 e. The lowest BCUT2D eigenvalue weighted by molar-refractivity contribution is -0.200. The Morgan fingerprint density at radius 3 is 2.63 bits per heavy atom. The number of hydrogen-bond donors (Lipinski definition) is 2. The van der Waals surface area contributed by atoms with Crippen LogP contribution in [-0.4, -0.2) is 40.1 Å². The van der Waals surface area contributed by atoms with Crippen LogP contribution in [0.5, 0.6) is 0 Å². The first-order chi connectivity index (χ1) is 12.9. The first-order valence-corrected chi connectivity index (χ1v) is 12.4. The van der Waals surface area contributed by atoms with Gasteiger partial charge < -0.3 is 10.4 Å². The van der Waals surface area contributed by atoms with E-state index in [9.17, 15) is 9.90 Å². The molecule has 8 atom stereocenters. The molecule has 4 saturated carbocycles. The van der Waals surface area contributed by atoms with Gasteiger partial charge in [0.25, 0.3) is 0 Å². The van der Waals surface area contributed by atoms with Crippen molar-refractivity contribution in [2.24, 2.45) is 28.6 Å². The Balaban J connectivity index is 1.35. The first-order valence-electron chi connectivity index (χ1n) is 11.5. The van der Waals surface area contributed by atoms with E-state index in [1.165, 1.54) is 19.3 Å². The van der Waals surface area contributed by atoms with Crippen LogP contribution in [0.4, 0.5) is 0 Å². The summed E-state index contributed by atoms with van der Waals surface area (Å²) in [5.74, 6) is 2.41. The SMILES string of the molecule is C[C@]12CC[C@@H]3[C@@H](CCC4(O)CC(S[C@H]5CCNC5)CC[C@]34C)[C@@H]1CCC2=O. The van der Waals surface area contributed by atoms with Gasteiger partial charge in [-0.05, 0) is 87.5 Å². The quantitative estimate of drug-likeness (QED) is 0.741. The molecule has 1 saturated heterocycles. The van der Waals surface area contributed by atoms with Crippen molar-refractivity contribution in [3.8, 4) is 0 Å². The fraction of sp³-hybridized carbons (Fsp3) is 0.957. The highest BCUT2D eigenvalue weighted by molar-refractivity contribution is 8.00. The lowest BCUT2D eigenvalue weighted by Gasteiger charge is -2.63. The number of carbonyl (C=O) groups is 1. The Hall–Kier alpha value is -0.0600. The van der Waals surface area contributed by atoms with Gasteiger partial charge in [-0.1, -0.05) is 13.8 Å². The molecular formula is C23H37NO2S. The molecule has 2 N–H and O–H groups in total. The highest BCUT2D eigenvalue weighted by Crippen LogP contribution is 2.67. The van der Waals surface area contributed by atoms with E-state index in [-0.39, 0.29) is 10.8 Å². The molecule has 5 rings (SSSR count). The van der Waals surface area contributed by atoms with E-state index in [1.807, 2.05) is 0 Å². The summed E-state index contributed by atoms with van der Waals surface area (Å²) in [5, 5.41) is 16.8. The topological polar surface area (TPSA) is 49.3 Å². The maximum atomic E-state index is 12.6. The Bertz CT molecular complexity index is 619. The molecule has 0 aromatic heterocycles. The highest BCUT2D eigenvalue weighted by Gasteiger charge is 2.64. The molecule has 152 valence electrons. The molecule has 1 heterocycles. The molecule has 0 amide bonds. The lowest BCUT2D eigenvalue weighted by Crippen LogP contribution is -2.62. The van der Waals surface area contributed by atoms with Crippen LogP contribution in [-0.2, 0) is 4.79 Å². The second kappa shape index (κ2) is 6.47. The maximum Gasteiger partial charge on any atom is 0.139 e. The van der Waals surface area contributed by atoms with Crippen LogP contribution >= 0.6 is 11.8 Å². The van der Waals surface area contributed by atoms with Gasteiger partial charge >= 0.3 is 0 Å².